The number of carbonyl (C=O) groups is 2. The Bertz CT molecular complexity index is 1140. The maximum atomic E-state index is 12.9. The van der Waals surface area contributed by atoms with Crippen molar-refractivity contribution in [1.29, 1.82) is 0 Å². The molecule has 28 heavy (non-hydrogen) atoms. The molecule has 0 unspecified atom stereocenters. The third kappa shape index (κ3) is 2.68. The predicted octanol–water partition coefficient (Wildman–Crippen LogP) is 3.42. The number of aryl methyl sites for hydroxylation is 1. The number of rotatable bonds is 2. The molecular formula is C20H17N3O4S. The fourth-order valence-electron chi connectivity index (χ4n) is 3.58. The molecule has 0 bridgehead atoms. The molecule has 8 heteroatoms. The van der Waals surface area contributed by atoms with Crippen molar-refractivity contribution < 1.29 is 19.1 Å². The van der Waals surface area contributed by atoms with Gasteiger partial charge in [-0.25, -0.2) is 4.98 Å². The normalized spacial score (nSPS) is 15.4. The lowest BCUT2D eigenvalue weighted by atomic mass is 9.94. The molecule has 142 valence electrons. The van der Waals surface area contributed by atoms with Gasteiger partial charge < -0.3 is 20.5 Å². The van der Waals surface area contributed by atoms with Gasteiger partial charge in [0, 0.05) is 17.4 Å². The van der Waals surface area contributed by atoms with Crippen LogP contribution in [0.3, 0.4) is 0 Å². The molecular weight excluding hydrogens is 378 g/mol. The second-order valence-electron chi connectivity index (χ2n) is 6.74. The summed E-state index contributed by atoms with van der Waals surface area (Å²) in [7, 11) is 0. The van der Waals surface area contributed by atoms with Crippen LogP contribution in [0.4, 0.5) is 11.4 Å². The maximum absolute atomic E-state index is 12.9. The van der Waals surface area contributed by atoms with Crippen LogP contribution < -0.4 is 20.5 Å². The number of anilines is 2. The fourth-order valence-corrected chi connectivity index (χ4v) is 4.57. The highest BCUT2D eigenvalue weighted by atomic mass is 32.1. The predicted molar refractivity (Wildman–Crippen MR) is 107 cm³/mol. The van der Waals surface area contributed by atoms with Crippen LogP contribution in [0.25, 0.3) is 10.2 Å². The number of thiophene rings is 1. The third-order valence-electron chi connectivity index (χ3n) is 4.94. The highest BCUT2D eigenvalue weighted by molar-refractivity contribution is 7.21. The molecule has 0 saturated heterocycles. The molecule has 0 atom stereocenters. The van der Waals surface area contributed by atoms with Crippen LogP contribution in [-0.2, 0) is 6.42 Å². The lowest BCUT2D eigenvalue weighted by Gasteiger charge is -2.20. The number of ketones is 1. The van der Waals surface area contributed by atoms with Crippen LogP contribution in [0, 0.1) is 0 Å². The minimum atomic E-state index is -0.340. The zero-order valence-corrected chi connectivity index (χ0v) is 15.7. The standard InChI is InChI=1S/C20H17N3O4S/c21-16-11-9-10-12(3-1-5-14(10)24)23-20(11)28-18(16)19(25)22-13-4-2-6-15-17(13)27-8-7-26-15/h2,4,6,9H,1,3,5,7-8,21H2,(H,22,25). The number of carbonyl (C=O) groups excluding carboxylic acids is 2. The smallest absolute Gasteiger partial charge is 0.268 e. The maximum Gasteiger partial charge on any atom is 0.268 e. The summed E-state index contributed by atoms with van der Waals surface area (Å²) in [6.45, 7) is 0.900. The molecule has 0 radical (unpaired) electrons. The van der Waals surface area contributed by atoms with Gasteiger partial charge in [0.05, 0.1) is 17.1 Å². The first kappa shape index (κ1) is 17.0. The van der Waals surface area contributed by atoms with Gasteiger partial charge in [-0.2, -0.15) is 0 Å². The summed E-state index contributed by atoms with van der Waals surface area (Å²) in [5, 5.41) is 3.51. The van der Waals surface area contributed by atoms with Gasteiger partial charge in [-0.3, -0.25) is 9.59 Å². The zero-order chi connectivity index (χ0) is 19.3. The van der Waals surface area contributed by atoms with Gasteiger partial charge in [0.2, 0.25) is 0 Å². The van der Waals surface area contributed by atoms with Gasteiger partial charge >= 0.3 is 0 Å². The van der Waals surface area contributed by atoms with E-state index in [0.29, 0.717) is 63.2 Å². The largest absolute Gasteiger partial charge is 0.486 e. The van der Waals surface area contributed by atoms with Gasteiger partial charge in [0.25, 0.3) is 5.91 Å². The number of para-hydroxylation sites is 1. The number of hydrogen-bond donors (Lipinski definition) is 2. The molecule has 3 aromatic rings. The molecule has 1 amide bonds. The van der Waals surface area contributed by atoms with Crippen LogP contribution in [0.15, 0.2) is 24.3 Å². The van der Waals surface area contributed by atoms with Crippen LogP contribution in [0.1, 0.15) is 38.6 Å². The second kappa shape index (κ2) is 6.49. The zero-order valence-electron chi connectivity index (χ0n) is 14.9. The number of hydrogen-bond acceptors (Lipinski definition) is 7. The quantitative estimate of drug-likeness (QED) is 0.689. The summed E-state index contributed by atoms with van der Waals surface area (Å²) >= 11 is 1.23. The van der Waals surface area contributed by atoms with E-state index in [-0.39, 0.29) is 11.7 Å². The molecule has 2 aromatic heterocycles. The first-order valence-corrected chi connectivity index (χ1v) is 9.88. The summed E-state index contributed by atoms with van der Waals surface area (Å²) in [5.41, 5.74) is 8.54. The van der Waals surface area contributed by atoms with Gasteiger partial charge in [-0.05, 0) is 31.0 Å². The van der Waals surface area contributed by atoms with Crippen molar-refractivity contribution in [2.24, 2.45) is 0 Å². The Morgan fingerprint density at radius 3 is 2.96 bits per heavy atom. The number of nitrogens with one attached hydrogen (secondary N) is 1. The van der Waals surface area contributed by atoms with Crippen molar-refractivity contribution in [1.82, 2.24) is 4.98 Å². The van der Waals surface area contributed by atoms with Crippen molar-refractivity contribution in [3.05, 3.63) is 40.4 Å². The SMILES string of the molecule is Nc1c(C(=O)Nc2cccc3c2OCCO3)sc2nc3c(cc12)C(=O)CCC3. The molecule has 0 fully saturated rings. The van der Waals surface area contributed by atoms with Gasteiger partial charge in [-0.15, -0.1) is 11.3 Å². The van der Waals surface area contributed by atoms with E-state index in [1.54, 1.807) is 24.3 Å². The van der Waals surface area contributed by atoms with E-state index in [2.05, 4.69) is 10.3 Å². The van der Waals surface area contributed by atoms with Crippen molar-refractivity contribution in [3.8, 4) is 11.5 Å². The van der Waals surface area contributed by atoms with E-state index in [1.807, 2.05) is 0 Å². The average Bonchev–Trinajstić information content (AvgIpc) is 3.03. The van der Waals surface area contributed by atoms with E-state index < -0.39 is 0 Å². The highest BCUT2D eigenvalue weighted by Crippen LogP contribution is 2.39. The Labute approximate surface area is 164 Å². The number of fused-ring (bicyclic) bond motifs is 3. The summed E-state index contributed by atoms with van der Waals surface area (Å²) in [6.07, 6.45) is 2.10. The Balaban J connectivity index is 1.52. The number of nitrogen functional groups attached to an aromatic ring is 1. The summed E-state index contributed by atoms with van der Waals surface area (Å²) in [4.78, 5) is 30.7. The topological polar surface area (TPSA) is 104 Å². The van der Waals surface area contributed by atoms with Crippen LogP contribution in [0.5, 0.6) is 11.5 Å². The fraction of sp³-hybridized carbons (Fsp3) is 0.250. The Hall–Kier alpha value is -3.13. The van der Waals surface area contributed by atoms with Crippen molar-refractivity contribution in [2.75, 3.05) is 24.3 Å². The van der Waals surface area contributed by atoms with Crippen molar-refractivity contribution in [2.45, 2.75) is 19.3 Å². The lowest BCUT2D eigenvalue weighted by molar-refractivity contribution is 0.0970. The molecule has 5 rings (SSSR count). The second-order valence-corrected chi connectivity index (χ2v) is 7.74. The van der Waals surface area contributed by atoms with Crippen molar-refractivity contribution in [3.63, 3.8) is 0 Å². The molecule has 3 heterocycles. The number of nitrogens with two attached hydrogens (primary N) is 1. The van der Waals surface area contributed by atoms with Crippen LogP contribution in [-0.4, -0.2) is 29.9 Å². The molecule has 1 aliphatic carbocycles. The van der Waals surface area contributed by atoms with Gasteiger partial charge in [0.1, 0.15) is 22.9 Å². The first-order valence-electron chi connectivity index (χ1n) is 9.07. The average molecular weight is 395 g/mol. The van der Waals surface area contributed by atoms with Crippen LogP contribution in [0.2, 0.25) is 0 Å². The number of benzene rings is 1. The van der Waals surface area contributed by atoms with E-state index in [1.165, 1.54) is 11.3 Å². The number of Topliss-reactive ketones (excluding diaryl/α,β-unsaturated/α-hetero) is 1. The number of pyridine rings is 1. The number of aromatic nitrogens is 1. The monoisotopic (exact) mass is 395 g/mol. The minimum Gasteiger partial charge on any atom is -0.486 e. The number of ether oxygens (including phenoxy) is 2. The Morgan fingerprint density at radius 2 is 2.07 bits per heavy atom. The molecule has 7 nitrogen and oxygen atoms in total. The molecule has 2 aliphatic rings. The minimum absolute atomic E-state index is 0.0836. The summed E-state index contributed by atoms with van der Waals surface area (Å²) in [6, 6.07) is 7.12. The van der Waals surface area contributed by atoms with E-state index in [4.69, 9.17) is 15.2 Å². The summed E-state index contributed by atoms with van der Waals surface area (Å²) < 4.78 is 11.2. The Kier molecular flexibility index (Phi) is 3.94. The van der Waals surface area contributed by atoms with Gasteiger partial charge in [0.15, 0.2) is 17.3 Å². The Morgan fingerprint density at radius 1 is 1.21 bits per heavy atom. The van der Waals surface area contributed by atoms with E-state index in [0.717, 1.165) is 18.5 Å². The van der Waals surface area contributed by atoms with E-state index >= 15 is 0 Å². The van der Waals surface area contributed by atoms with Gasteiger partial charge in [-0.1, -0.05) is 6.07 Å². The molecule has 1 aromatic carbocycles. The number of amides is 1. The van der Waals surface area contributed by atoms with Crippen molar-refractivity contribution >= 4 is 44.6 Å². The highest BCUT2D eigenvalue weighted by Gasteiger charge is 2.25. The molecule has 3 N–H and O–H groups in total. The van der Waals surface area contributed by atoms with Crippen LogP contribution >= 0.6 is 11.3 Å². The molecule has 1 aliphatic heterocycles. The third-order valence-corrected chi connectivity index (χ3v) is 6.05. The first-order chi connectivity index (χ1) is 13.6. The summed E-state index contributed by atoms with van der Waals surface area (Å²) in [5.74, 6) is 0.856. The molecule has 0 spiro atoms. The number of nitrogens with zero attached hydrogens (tertiary/aromatic N) is 1. The van der Waals surface area contributed by atoms with E-state index in [9.17, 15) is 9.59 Å². The molecule has 0 saturated carbocycles. The lowest BCUT2D eigenvalue weighted by Crippen LogP contribution is -2.18.